The predicted molar refractivity (Wildman–Crippen MR) is 114 cm³/mol. The Morgan fingerprint density at radius 2 is 1.70 bits per heavy atom. The van der Waals surface area contributed by atoms with Gasteiger partial charge in [-0.05, 0) is 44.6 Å². The third kappa shape index (κ3) is 5.06. The van der Waals surface area contributed by atoms with E-state index < -0.39 is 15.8 Å². The molecule has 1 aliphatic heterocycles. The molecule has 1 heterocycles. The number of carbonyl (C=O) groups excluding carboxylic acids is 1. The lowest BCUT2D eigenvalue weighted by Gasteiger charge is -2.31. The minimum atomic E-state index is -3.89. The zero-order valence-electron chi connectivity index (χ0n) is 17.3. The predicted octanol–water partition coefficient (Wildman–Crippen LogP) is 2.65. The molecule has 162 valence electrons. The summed E-state index contributed by atoms with van der Waals surface area (Å²) < 4.78 is 40.6. The zero-order valence-corrected chi connectivity index (χ0v) is 18.1. The number of benzene rings is 2. The molecule has 2 aromatic carbocycles. The van der Waals surface area contributed by atoms with Crippen LogP contribution in [0.3, 0.4) is 0 Å². The maximum atomic E-state index is 14.0. The topological polar surface area (TPSA) is 69.7 Å². The van der Waals surface area contributed by atoms with E-state index in [-0.39, 0.29) is 35.9 Å². The van der Waals surface area contributed by atoms with Crippen molar-refractivity contribution in [2.24, 2.45) is 5.92 Å². The maximum Gasteiger partial charge on any atom is 0.245 e. The number of carbonyl (C=O) groups is 1. The summed E-state index contributed by atoms with van der Waals surface area (Å²) in [6.45, 7) is 0.874. The van der Waals surface area contributed by atoms with Gasteiger partial charge in [-0.3, -0.25) is 4.79 Å². The van der Waals surface area contributed by atoms with Crippen LogP contribution < -0.4 is 5.32 Å². The van der Waals surface area contributed by atoms with E-state index in [1.54, 1.807) is 0 Å². The summed E-state index contributed by atoms with van der Waals surface area (Å²) >= 11 is 0. The molecular formula is C22H28FN3O3S. The molecule has 1 saturated heterocycles. The lowest BCUT2D eigenvalue weighted by molar-refractivity contribution is -0.126. The van der Waals surface area contributed by atoms with Gasteiger partial charge in [-0.15, -0.1) is 0 Å². The highest BCUT2D eigenvalue weighted by atomic mass is 32.2. The molecule has 6 nitrogen and oxygen atoms in total. The molecule has 0 bridgehead atoms. The van der Waals surface area contributed by atoms with Crippen molar-refractivity contribution < 1.29 is 17.6 Å². The number of hydrogen-bond acceptors (Lipinski definition) is 4. The van der Waals surface area contributed by atoms with Crippen molar-refractivity contribution in [3.05, 3.63) is 66.0 Å². The molecule has 0 radical (unpaired) electrons. The quantitative estimate of drug-likeness (QED) is 0.729. The summed E-state index contributed by atoms with van der Waals surface area (Å²) in [5, 5.41) is 3.02. The summed E-state index contributed by atoms with van der Waals surface area (Å²) in [6.07, 6.45) is 0.828. The first-order valence-corrected chi connectivity index (χ1v) is 11.5. The summed E-state index contributed by atoms with van der Waals surface area (Å²) in [6, 6.07) is 15.4. The molecule has 2 aromatic rings. The third-order valence-corrected chi connectivity index (χ3v) is 7.49. The number of nitrogens with one attached hydrogen (secondary N) is 1. The van der Waals surface area contributed by atoms with E-state index in [9.17, 15) is 17.6 Å². The molecule has 0 aliphatic carbocycles. The van der Waals surface area contributed by atoms with E-state index in [0.717, 1.165) is 11.6 Å². The first kappa shape index (κ1) is 22.4. The average molecular weight is 434 g/mol. The van der Waals surface area contributed by atoms with Gasteiger partial charge in [0.25, 0.3) is 0 Å². The minimum absolute atomic E-state index is 0.0525. The molecule has 30 heavy (non-hydrogen) atoms. The first-order valence-electron chi connectivity index (χ1n) is 10.0. The Labute approximate surface area is 177 Å². The van der Waals surface area contributed by atoms with Gasteiger partial charge in [0.05, 0.1) is 6.04 Å². The number of rotatable bonds is 7. The van der Waals surface area contributed by atoms with Crippen LogP contribution in [0.1, 0.15) is 24.4 Å². The summed E-state index contributed by atoms with van der Waals surface area (Å²) in [5.41, 5.74) is 1.12. The fourth-order valence-corrected chi connectivity index (χ4v) is 5.30. The van der Waals surface area contributed by atoms with Gasteiger partial charge in [-0.1, -0.05) is 42.5 Å². The molecule has 3 rings (SSSR count). The van der Waals surface area contributed by atoms with Crippen LogP contribution in [0.2, 0.25) is 0 Å². The number of hydrogen-bond donors (Lipinski definition) is 1. The van der Waals surface area contributed by atoms with Gasteiger partial charge in [-0.25, -0.2) is 12.8 Å². The van der Waals surface area contributed by atoms with Crippen LogP contribution in [-0.4, -0.2) is 57.3 Å². The Morgan fingerprint density at radius 1 is 1.10 bits per heavy atom. The van der Waals surface area contributed by atoms with Crippen molar-refractivity contribution in [3.8, 4) is 0 Å². The van der Waals surface area contributed by atoms with Crippen LogP contribution in [0, 0.1) is 11.7 Å². The Balaban J connectivity index is 1.57. The van der Waals surface area contributed by atoms with Gasteiger partial charge < -0.3 is 10.2 Å². The molecule has 1 amide bonds. The molecule has 0 aromatic heterocycles. The molecular weight excluding hydrogens is 405 g/mol. The number of piperidine rings is 1. The average Bonchev–Trinajstić information content (AvgIpc) is 2.74. The fraction of sp³-hybridized carbons (Fsp3) is 0.409. The Morgan fingerprint density at radius 3 is 2.30 bits per heavy atom. The van der Waals surface area contributed by atoms with Gasteiger partial charge in [0.15, 0.2) is 0 Å². The zero-order chi connectivity index (χ0) is 21.7. The molecule has 0 saturated carbocycles. The minimum Gasteiger partial charge on any atom is -0.354 e. The monoisotopic (exact) mass is 433 g/mol. The second kappa shape index (κ2) is 9.68. The molecule has 8 heteroatoms. The Kier molecular flexibility index (Phi) is 7.23. The normalized spacial score (nSPS) is 17.1. The van der Waals surface area contributed by atoms with Crippen molar-refractivity contribution in [1.82, 2.24) is 14.5 Å². The van der Waals surface area contributed by atoms with E-state index in [1.807, 2.05) is 44.4 Å². The number of halogens is 1. The SMILES string of the molecule is CN(C)C(CNC(=O)C1CCN(S(=O)(=O)c2ccccc2F)CC1)c1ccccc1. The molecule has 1 aliphatic rings. The van der Waals surface area contributed by atoms with Crippen molar-refractivity contribution in [2.45, 2.75) is 23.8 Å². The largest absolute Gasteiger partial charge is 0.354 e. The first-order chi connectivity index (χ1) is 14.3. The Hall–Kier alpha value is -2.29. The van der Waals surface area contributed by atoms with Crippen LogP contribution in [-0.2, 0) is 14.8 Å². The van der Waals surface area contributed by atoms with Crippen molar-refractivity contribution in [3.63, 3.8) is 0 Å². The molecule has 0 spiro atoms. The van der Waals surface area contributed by atoms with Gasteiger partial charge in [-0.2, -0.15) is 4.31 Å². The number of likely N-dealkylation sites (N-methyl/N-ethyl adjacent to an activating group) is 1. The van der Waals surface area contributed by atoms with Gasteiger partial charge in [0, 0.05) is 25.6 Å². The highest BCUT2D eigenvalue weighted by Crippen LogP contribution is 2.25. The van der Waals surface area contributed by atoms with Crippen molar-refractivity contribution in [2.75, 3.05) is 33.7 Å². The van der Waals surface area contributed by atoms with E-state index in [1.165, 1.54) is 22.5 Å². The smallest absolute Gasteiger partial charge is 0.245 e. The standard InChI is InChI=1S/C22H28FN3O3S/c1-25(2)20(17-8-4-3-5-9-17)16-24-22(27)18-12-14-26(15-13-18)30(28,29)21-11-7-6-10-19(21)23/h3-11,18,20H,12-16H2,1-2H3,(H,24,27). The number of amides is 1. The lowest BCUT2D eigenvalue weighted by Crippen LogP contribution is -2.44. The van der Waals surface area contributed by atoms with Gasteiger partial charge in [0.1, 0.15) is 10.7 Å². The van der Waals surface area contributed by atoms with E-state index in [0.29, 0.717) is 19.4 Å². The Bertz CT molecular complexity index is 959. The van der Waals surface area contributed by atoms with Crippen molar-refractivity contribution in [1.29, 1.82) is 0 Å². The van der Waals surface area contributed by atoms with Crippen LogP contribution >= 0.6 is 0 Å². The lowest BCUT2D eigenvalue weighted by atomic mass is 9.97. The molecule has 1 atom stereocenters. The summed E-state index contributed by atoms with van der Waals surface area (Å²) in [4.78, 5) is 14.4. The second-order valence-corrected chi connectivity index (χ2v) is 9.65. The van der Waals surface area contributed by atoms with E-state index in [2.05, 4.69) is 10.2 Å². The molecule has 1 N–H and O–H groups in total. The van der Waals surface area contributed by atoms with Crippen LogP contribution in [0.15, 0.2) is 59.5 Å². The maximum absolute atomic E-state index is 14.0. The summed E-state index contributed by atoms with van der Waals surface area (Å²) in [7, 11) is 0.0414. The highest BCUT2D eigenvalue weighted by Gasteiger charge is 2.33. The van der Waals surface area contributed by atoms with Crippen LogP contribution in [0.4, 0.5) is 4.39 Å². The summed E-state index contributed by atoms with van der Waals surface area (Å²) in [5.74, 6) is -1.08. The van der Waals surface area contributed by atoms with Crippen LogP contribution in [0.5, 0.6) is 0 Å². The van der Waals surface area contributed by atoms with Crippen molar-refractivity contribution >= 4 is 15.9 Å². The van der Waals surface area contributed by atoms with E-state index in [4.69, 9.17) is 0 Å². The number of sulfonamides is 1. The van der Waals surface area contributed by atoms with Crippen LogP contribution in [0.25, 0.3) is 0 Å². The van der Waals surface area contributed by atoms with Gasteiger partial charge >= 0.3 is 0 Å². The highest BCUT2D eigenvalue weighted by molar-refractivity contribution is 7.89. The molecule has 1 fully saturated rings. The third-order valence-electron chi connectivity index (χ3n) is 5.56. The number of nitrogens with zero attached hydrogens (tertiary/aromatic N) is 2. The fourth-order valence-electron chi connectivity index (χ4n) is 3.77. The van der Waals surface area contributed by atoms with Gasteiger partial charge in [0.2, 0.25) is 15.9 Å². The second-order valence-electron chi connectivity index (χ2n) is 7.74. The molecule has 1 unspecified atom stereocenters. The van der Waals surface area contributed by atoms with E-state index >= 15 is 0 Å².